The molecule has 158 valence electrons. The van der Waals surface area contributed by atoms with Crippen molar-refractivity contribution in [1.29, 1.82) is 5.26 Å². The van der Waals surface area contributed by atoms with Gasteiger partial charge in [-0.3, -0.25) is 14.4 Å². The highest BCUT2D eigenvalue weighted by Gasteiger charge is 2.56. The van der Waals surface area contributed by atoms with Crippen molar-refractivity contribution in [2.75, 3.05) is 18.8 Å². The second kappa shape index (κ2) is 7.40. The number of para-hydroxylation sites is 1. The number of hydrogen-bond acceptors (Lipinski definition) is 5. The molecule has 2 heterocycles. The predicted octanol–water partition coefficient (Wildman–Crippen LogP) is 0.975. The SMILES string of the molecule is [2H]C([2H])([2H])N(C(=O)[C@H](C)N)[C@@H](CC1CC1)C(=O)N1C[C@]2(C[C@H]1C#N)C(=O)Nc1ccccc12. The third kappa shape index (κ3) is 3.23. The summed E-state index contributed by atoms with van der Waals surface area (Å²) in [6.45, 7) is -1.56. The van der Waals surface area contributed by atoms with E-state index in [2.05, 4.69) is 11.4 Å². The van der Waals surface area contributed by atoms with Crippen molar-refractivity contribution in [1.82, 2.24) is 9.80 Å². The van der Waals surface area contributed by atoms with Gasteiger partial charge in [-0.15, -0.1) is 0 Å². The summed E-state index contributed by atoms with van der Waals surface area (Å²) < 4.78 is 23.8. The summed E-state index contributed by atoms with van der Waals surface area (Å²) in [6.07, 6.45) is 1.96. The Morgan fingerprint density at radius 1 is 1.47 bits per heavy atom. The van der Waals surface area contributed by atoms with Crippen LogP contribution in [-0.2, 0) is 19.8 Å². The monoisotopic (exact) mass is 412 g/mol. The second-order valence-corrected chi connectivity index (χ2v) is 8.59. The van der Waals surface area contributed by atoms with Crippen LogP contribution in [0.2, 0.25) is 0 Å². The van der Waals surface area contributed by atoms with Gasteiger partial charge in [0.25, 0.3) is 0 Å². The van der Waals surface area contributed by atoms with Gasteiger partial charge in [0.2, 0.25) is 17.7 Å². The maximum atomic E-state index is 13.8. The third-order valence-electron chi connectivity index (χ3n) is 6.39. The molecule has 1 spiro atoms. The van der Waals surface area contributed by atoms with Gasteiger partial charge in [-0.1, -0.05) is 31.0 Å². The van der Waals surface area contributed by atoms with Crippen LogP contribution >= 0.6 is 0 Å². The van der Waals surface area contributed by atoms with E-state index in [9.17, 15) is 19.6 Å². The molecule has 3 aliphatic rings. The summed E-state index contributed by atoms with van der Waals surface area (Å²) in [5.41, 5.74) is 5.98. The lowest BCUT2D eigenvalue weighted by atomic mass is 9.80. The van der Waals surface area contributed by atoms with Crippen molar-refractivity contribution >= 4 is 23.4 Å². The lowest BCUT2D eigenvalue weighted by molar-refractivity contribution is -0.145. The highest BCUT2D eigenvalue weighted by Crippen LogP contribution is 2.46. The van der Waals surface area contributed by atoms with Crippen LogP contribution in [-0.4, -0.2) is 59.2 Å². The summed E-state index contributed by atoms with van der Waals surface area (Å²) in [6, 6.07) is 5.93. The Labute approximate surface area is 180 Å². The number of fused-ring (bicyclic) bond motifs is 2. The maximum Gasteiger partial charge on any atom is 0.246 e. The van der Waals surface area contributed by atoms with Crippen molar-refractivity contribution in [3.05, 3.63) is 29.8 Å². The Hall–Kier alpha value is -2.92. The van der Waals surface area contributed by atoms with Gasteiger partial charge in [0, 0.05) is 29.7 Å². The van der Waals surface area contributed by atoms with Crippen molar-refractivity contribution < 1.29 is 18.5 Å². The number of hydrogen-bond donors (Lipinski definition) is 2. The minimum Gasteiger partial charge on any atom is -0.332 e. The first-order chi connectivity index (χ1) is 15.5. The van der Waals surface area contributed by atoms with Crippen molar-refractivity contribution in [2.24, 2.45) is 11.7 Å². The number of anilines is 1. The van der Waals surface area contributed by atoms with Gasteiger partial charge in [0.05, 0.1) is 17.5 Å². The molecule has 0 unspecified atom stereocenters. The second-order valence-electron chi connectivity index (χ2n) is 8.59. The molecular weight excluding hydrogens is 382 g/mol. The van der Waals surface area contributed by atoms with Gasteiger partial charge in [-0.05, 0) is 30.9 Å². The molecule has 0 bridgehead atoms. The molecular formula is C22H27N5O3. The van der Waals surface area contributed by atoms with Crippen molar-refractivity contribution in [2.45, 2.75) is 56.1 Å². The van der Waals surface area contributed by atoms with E-state index in [0.717, 1.165) is 12.8 Å². The number of nitrogens with zero attached hydrogens (tertiary/aromatic N) is 3. The molecule has 4 rings (SSSR count). The van der Waals surface area contributed by atoms with Crippen molar-refractivity contribution in [3.63, 3.8) is 0 Å². The van der Waals surface area contributed by atoms with E-state index >= 15 is 0 Å². The van der Waals surface area contributed by atoms with E-state index in [1.54, 1.807) is 24.3 Å². The largest absolute Gasteiger partial charge is 0.332 e. The zero-order valence-electron chi connectivity index (χ0n) is 19.8. The van der Waals surface area contributed by atoms with Crippen molar-refractivity contribution in [3.8, 4) is 6.07 Å². The average Bonchev–Trinajstić information content (AvgIpc) is 3.42. The first kappa shape index (κ1) is 16.8. The molecule has 3 N–H and O–H groups in total. The van der Waals surface area contributed by atoms with Gasteiger partial charge in [0.15, 0.2) is 0 Å². The zero-order chi connectivity index (χ0) is 24.1. The smallest absolute Gasteiger partial charge is 0.246 e. The standard InChI is InChI=1S/C22H27N5O3/c1-13(24)19(28)26(2)18(9-14-7-8-14)20(29)27-12-22(10-15(27)11-23)16-5-3-4-6-17(16)25-21(22)30/h3-6,13-15,18H,7-10,12,24H2,1-2H3,(H,25,30)/t13-,15-,18-,22-/m0/s1/i2D3. The lowest BCUT2D eigenvalue weighted by Gasteiger charge is -2.33. The highest BCUT2D eigenvalue weighted by molar-refractivity contribution is 6.07. The van der Waals surface area contributed by atoms with E-state index in [0.29, 0.717) is 16.2 Å². The summed E-state index contributed by atoms with van der Waals surface area (Å²) in [5, 5.41) is 12.7. The van der Waals surface area contributed by atoms with Crippen LogP contribution in [0, 0.1) is 17.2 Å². The molecule has 0 aromatic heterocycles. The minimum atomic E-state index is -2.88. The molecule has 2 aliphatic heterocycles. The van der Waals surface area contributed by atoms with Crippen LogP contribution < -0.4 is 11.1 Å². The molecule has 1 aliphatic carbocycles. The minimum absolute atomic E-state index is 0.0602. The Bertz CT molecular complexity index is 1030. The van der Waals surface area contributed by atoms with E-state index in [-0.39, 0.29) is 31.2 Å². The van der Waals surface area contributed by atoms with Gasteiger partial charge in [0.1, 0.15) is 12.1 Å². The van der Waals surface area contributed by atoms with Crippen LogP contribution in [0.3, 0.4) is 0 Å². The lowest BCUT2D eigenvalue weighted by Crippen LogP contribution is -2.54. The van der Waals surface area contributed by atoms with E-state index in [1.165, 1.54) is 11.8 Å². The quantitative estimate of drug-likeness (QED) is 0.747. The topological polar surface area (TPSA) is 120 Å². The fourth-order valence-electron chi connectivity index (χ4n) is 4.54. The molecule has 4 atom stereocenters. The van der Waals surface area contributed by atoms with Gasteiger partial charge >= 0.3 is 0 Å². The van der Waals surface area contributed by atoms with Crippen LogP contribution in [0.5, 0.6) is 0 Å². The Kier molecular flexibility index (Phi) is 4.15. The molecule has 2 fully saturated rings. The van der Waals surface area contributed by atoms with Crippen LogP contribution in [0.15, 0.2) is 24.3 Å². The van der Waals surface area contributed by atoms with Crippen LogP contribution in [0.1, 0.15) is 42.3 Å². The molecule has 1 aromatic carbocycles. The first-order valence-corrected chi connectivity index (χ1v) is 10.2. The summed E-state index contributed by atoms with van der Waals surface area (Å²) in [4.78, 5) is 41.5. The molecule has 3 amide bonds. The van der Waals surface area contributed by atoms with E-state index in [4.69, 9.17) is 9.85 Å². The molecule has 8 heteroatoms. The normalized spacial score (nSPS) is 28.6. The molecule has 8 nitrogen and oxygen atoms in total. The summed E-state index contributed by atoms with van der Waals surface area (Å²) in [7, 11) is 0. The maximum absolute atomic E-state index is 13.8. The van der Waals surface area contributed by atoms with E-state index < -0.39 is 42.3 Å². The van der Waals surface area contributed by atoms with Gasteiger partial charge < -0.3 is 20.9 Å². The Morgan fingerprint density at radius 3 is 2.83 bits per heavy atom. The number of benzene rings is 1. The van der Waals surface area contributed by atoms with Gasteiger partial charge in [-0.2, -0.15) is 5.26 Å². The molecule has 0 radical (unpaired) electrons. The van der Waals surface area contributed by atoms with Gasteiger partial charge in [-0.25, -0.2) is 0 Å². The molecule has 30 heavy (non-hydrogen) atoms. The number of likely N-dealkylation sites (N-methyl/N-ethyl adjacent to an activating group) is 1. The number of rotatable bonds is 5. The average molecular weight is 413 g/mol. The molecule has 1 saturated heterocycles. The Balaban J connectivity index is 1.71. The van der Waals surface area contributed by atoms with Crippen LogP contribution in [0.4, 0.5) is 5.69 Å². The number of nitrogens with one attached hydrogen (secondary N) is 1. The predicted molar refractivity (Wildman–Crippen MR) is 110 cm³/mol. The summed E-state index contributed by atoms with van der Waals surface area (Å²) in [5.74, 6) is -1.65. The number of carbonyl (C=O) groups is 3. The molecule has 1 saturated carbocycles. The number of likely N-dealkylation sites (tertiary alicyclic amines) is 1. The third-order valence-corrected chi connectivity index (χ3v) is 6.39. The number of amides is 3. The number of nitrogens with two attached hydrogens (primary N) is 1. The Morgan fingerprint density at radius 2 is 2.20 bits per heavy atom. The molecule has 1 aromatic rings. The zero-order valence-corrected chi connectivity index (χ0v) is 16.8. The number of carbonyl (C=O) groups excluding carboxylic acids is 3. The van der Waals surface area contributed by atoms with Crippen LogP contribution in [0.25, 0.3) is 0 Å². The fraction of sp³-hybridized carbons (Fsp3) is 0.545. The fourth-order valence-corrected chi connectivity index (χ4v) is 4.54. The number of nitriles is 1. The summed E-state index contributed by atoms with van der Waals surface area (Å²) >= 11 is 0. The highest BCUT2D eigenvalue weighted by atomic mass is 16.2. The first-order valence-electron chi connectivity index (χ1n) is 11.7. The van der Waals surface area contributed by atoms with E-state index in [1.807, 2.05) is 0 Å².